The quantitative estimate of drug-likeness (QED) is 0.636. The van der Waals surface area contributed by atoms with Gasteiger partial charge in [-0.2, -0.15) is 0 Å². The van der Waals surface area contributed by atoms with Crippen molar-refractivity contribution in [1.82, 2.24) is 4.98 Å². The van der Waals surface area contributed by atoms with Gasteiger partial charge < -0.3 is 14.5 Å². The highest BCUT2D eigenvalue weighted by molar-refractivity contribution is 5.87. The maximum atomic E-state index is 11.0. The maximum Gasteiger partial charge on any atom is 0.308 e. The zero-order valence-electron chi connectivity index (χ0n) is 9.44. The number of rotatable bonds is 2. The molecule has 0 radical (unpaired) electrons. The summed E-state index contributed by atoms with van der Waals surface area (Å²) in [5.41, 5.74) is 0. The Morgan fingerprint density at radius 1 is 0.941 bits per heavy atom. The summed E-state index contributed by atoms with van der Waals surface area (Å²) in [5.74, 6) is -0.457. The first-order valence-electron chi connectivity index (χ1n) is 5.03. The van der Waals surface area contributed by atoms with E-state index in [0.717, 1.165) is 10.8 Å². The van der Waals surface area contributed by atoms with Gasteiger partial charge in [-0.3, -0.25) is 9.59 Å². The Morgan fingerprint density at radius 3 is 1.71 bits per heavy atom. The van der Waals surface area contributed by atoms with E-state index in [1.54, 1.807) is 24.5 Å². The molecule has 1 aromatic carbocycles. The predicted molar refractivity (Wildman–Crippen MR) is 60.9 cm³/mol. The van der Waals surface area contributed by atoms with E-state index in [1.807, 2.05) is 0 Å². The molecule has 5 nitrogen and oxygen atoms in total. The van der Waals surface area contributed by atoms with E-state index in [2.05, 4.69) is 4.98 Å². The Bertz CT molecular complexity index is 535. The Kier molecular flexibility index (Phi) is 2.82. The van der Waals surface area contributed by atoms with Crippen LogP contribution in [0.5, 0.6) is 11.5 Å². The number of hydrogen-bond donors (Lipinski definition) is 1. The number of aromatic nitrogens is 1. The third-order valence-electron chi connectivity index (χ3n) is 2.13. The summed E-state index contributed by atoms with van der Waals surface area (Å²) in [6, 6.07) is 3.29. The molecule has 88 valence electrons. The number of hydrogen-bond acceptors (Lipinski definition) is 4. The van der Waals surface area contributed by atoms with Gasteiger partial charge in [-0.25, -0.2) is 0 Å². The molecule has 2 aromatic rings. The van der Waals surface area contributed by atoms with Gasteiger partial charge in [-0.05, 0) is 12.1 Å². The van der Waals surface area contributed by atoms with Crippen LogP contribution in [0.2, 0.25) is 0 Å². The zero-order valence-corrected chi connectivity index (χ0v) is 9.44. The van der Waals surface area contributed by atoms with Gasteiger partial charge in [0.25, 0.3) is 0 Å². The molecule has 17 heavy (non-hydrogen) atoms. The molecule has 0 unspecified atom stereocenters. The fourth-order valence-electron chi connectivity index (χ4n) is 1.53. The Labute approximate surface area is 97.3 Å². The van der Waals surface area contributed by atoms with Gasteiger partial charge in [-0.15, -0.1) is 0 Å². The smallest absolute Gasteiger partial charge is 0.308 e. The van der Waals surface area contributed by atoms with E-state index >= 15 is 0 Å². The van der Waals surface area contributed by atoms with Crippen LogP contribution in [0.3, 0.4) is 0 Å². The second kappa shape index (κ2) is 4.29. The van der Waals surface area contributed by atoms with Crippen LogP contribution in [-0.4, -0.2) is 16.9 Å². The molecular formula is C12H11NO4. The van der Waals surface area contributed by atoms with Crippen LogP contribution in [0.1, 0.15) is 13.8 Å². The van der Waals surface area contributed by atoms with E-state index in [1.165, 1.54) is 13.8 Å². The lowest BCUT2D eigenvalue weighted by atomic mass is 10.2. The van der Waals surface area contributed by atoms with Crippen molar-refractivity contribution in [2.24, 2.45) is 0 Å². The molecule has 2 rings (SSSR count). The fraction of sp³-hybridized carbons (Fsp3) is 0.167. The molecule has 0 bridgehead atoms. The Balaban J connectivity index is 2.50. The minimum Gasteiger partial charge on any atom is -0.423 e. The van der Waals surface area contributed by atoms with Crippen LogP contribution >= 0.6 is 0 Å². The van der Waals surface area contributed by atoms with Crippen molar-refractivity contribution in [2.75, 3.05) is 0 Å². The van der Waals surface area contributed by atoms with Gasteiger partial charge >= 0.3 is 11.9 Å². The minimum absolute atomic E-state index is 0.236. The Hall–Kier alpha value is -2.30. The second-order valence-electron chi connectivity index (χ2n) is 3.57. The van der Waals surface area contributed by atoms with E-state index in [9.17, 15) is 9.59 Å². The van der Waals surface area contributed by atoms with Crippen molar-refractivity contribution >= 4 is 22.7 Å². The summed E-state index contributed by atoms with van der Waals surface area (Å²) in [7, 11) is 0. The SMILES string of the molecule is CC(=O)Oc1cc2c[nH]cc2cc1OC(C)=O. The first kappa shape index (κ1) is 11.2. The number of benzene rings is 1. The molecule has 0 spiro atoms. The van der Waals surface area contributed by atoms with Crippen molar-refractivity contribution in [3.63, 3.8) is 0 Å². The van der Waals surface area contributed by atoms with Gasteiger partial charge in [0.05, 0.1) is 0 Å². The molecule has 1 aromatic heterocycles. The molecule has 0 saturated heterocycles. The van der Waals surface area contributed by atoms with Crippen molar-refractivity contribution in [3.05, 3.63) is 24.5 Å². The number of nitrogens with one attached hydrogen (secondary N) is 1. The molecular weight excluding hydrogens is 222 g/mol. The molecule has 0 saturated carbocycles. The van der Waals surface area contributed by atoms with E-state index in [0.29, 0.717) is 0 Å². The molecule has 0 aliphatic carbocycles. The monoisotopic (exact) mass is 233 g/mol. The predicted octanol–water partition coefficient (Wildman–Crippen LogP) is 2.02. The van der Waals surface area contributed by atoms with Crippen LogP contribution in [0.4, 0.5) is 0 Å². The summed E-state index contributed by atoms with van der Waals surface area (Å²) >= 11 is 0. The average molecular weight is 233 g/mol. The lowest BCUT2D eigenvalue weighted by molar-refractivity contribution is -0.134. The summed E-state index contributed by atoms with van der Waals surface area (Å²) < 4.78 is 9.99. The lowest BCUT2D eigenvalue weighted by Gasteiger charge is -2.08. The third kappa shape index (κ3) is 2.44. The standard InChI is InChI=1S/C12H11NO4/c1-7(14)16-11-3-9-5-13-6-10(9)4-12(11)17-8(2)15/h3-6,13H,1-2H3. The van der Waals surface area contributed by atoms with E-state index in [-0.39, 0.29) is 11.5 Å². The lowest BCUT2D eigenvalue weighted by Crippen LogP contribution is -2.06. The maximum absolute atomic E-state index is 11.0. The van der Waals surface area contributed by atoms with E-state index in [4.69, 9.17) is 9.47 Å². The van der Waals surface area contributed by atoms with Crippen LogP contribution in [0.15, 0.2) is 24.5 Å². The number of esters is 2. The first-order chi connectivity index (χ1) is 8.06. The number of fused-ring (bicyclic) bond motifs is 1. The van der Waals surface area contributed by atoms with Gasteiger partial charge in [-0.1, -0.05) is 0 Å². The van der Waals surface area contributed by atoms with Gasteiger partial charge in [0.2, 0.25) is 0 Å². The number of aromatic amines is 1. The first-order valence-corrected chi connectivity index (χ1v) is 5.03. The number of carbonyl (C=O) groups excluding carboxylic acids is 2. The van der Waals surface area contributed by atoms with E-state index < -0.39 is 11.9 Å². The fourth-order valence-corrected chi connectivity index (χ4v) is 1.53. The highest BCUT2D eigenvalue weighted by Crippen LogP contribution is 2.32. The van der Waals surface area contributed by atoms with Crippen molar-refractivity contribution in [3.8, 4) is 11.5 Å². The molecule has 0 aliphatic rings. The second-order valence-corrected chi connectivity index (χ2v) is 3.57. The highest BCUT2D eigenvalue weighted by Gasteiger charge is 2.12. The summed E-state index contributed by atoms with van der Waals surface area (Å²) in [5, 5.41) is 1.74. The molecule has 0 atom stereocenters. The van der Waals surface area contributed by atoms with Gasteiger partial charge in [0.1, 0.15) is 0 Å². The average Bonchev–Trinajstić information content (AvgIpc) is 2.63. The number of carbonyl (C=O) groups is 2. The summed E-state index contributed by atoms with van der Waals surface area (Å²) in [6.45, 7) is 2.58. The molecule has 5 heteroatoms. The zero-order chi connectivity index (χ0) is 12.4. The molecule has 0 amide bonds. The van der Waals surface area contributed by atoms with Crippen molar-refractivity contribution < 1.29 is 19.1 Å². The topological polar surface area (TPSA) is 68.4 Å². The molecule has 0 fully saturated rings. The summed E-state index contributed by atoms with van der Waals surface area (Å²) in [4.78, 5) is 24.8. The minimum atomic E-state index is -0.465. The largest absolute Gasteiger partial charge is 0.423 e. The van der Waals surface area contributed by atoms with Crippen molar-refractivity contribution in [1.29, 1.82) is 0 Å². The molecule has 1 heterocycles. The van der Waals surface area contributed by atoms with Gasteiger partial charge in [0, 0.05) is 37.0 Å². The van der Waals surface area contributed by atoms with Crippen LogP contribution in [0, 0.1) is 0 Å². The summed E-state index contributed by atoms with van der Waals surface area (Å²) in [6.07, 6.45) is 3.53. The van der Waals surface area contributed by atoms with Gasteiger partial charge in [0.15, 0.2) is 11.5 Å². The normalized spacial score (nSPS) is 10.2. The molecule has 0 aliphatic heterocycles. The number of H-pyrrole nitrogens is 1. The van der Waals surface area contributed by atoms with Crippen molar-refractivity contribution in [2.45, 2.75) is 13.8 Å². The Morgan fingerprint density at radius 2 is 1.35 bits per heavy atom. The molecule has 1 N–H and O–H groups in total. The third-order valence-corrected chi connectivity index (χ3v) is 2.13. The van der Waals surface area contributed by atoms with Crippen LogP contribution < -0.4 is 9.47 Å². The van der Waals surface area contributed by atoms with Crippen LogP contribution in [-0.2, 0) is 9.59 Å². The highest BCUT2D eigenvalue weighted by atomic mass is 16.6. The van der Waals surface area contributed by atoms with Crippen LogP contribution in [0.25, 0.3) is 10.8 Å². The number of ether oxygens (including phenoxy) is 2.